The van der Waals surface area contributed by atoms with Gasteiger partial charge in [0.2, 0.25) is 5.91 Å². The van der Waals surface area contributed by atoms with E-state index in [1.54, 1.807) is 9.80 Å². The molecule has 1 aromatic heterocycles. The van der Waals surface area contributed by atoms with Gasteiger partial charge >= 0.3 is 0 Å². The number of piperidine rings is 1. The number of carbonyl (C=O) groups is 2. The Morgan fingerprint density at radius 2 is 1.84 bits per heavy atom. The molecular formula is C23H25FN4O3. The predicted molar refractivity (Wildman–Crippen MR) is 111 cm³/mol. The maximum Gasteiger partial charge on any atom is 0.256 e. The van der Waals surface area contributed by atoms with E-state index in [9.17, 15) is 18.8 Å². The first-order valence-electron chi connectivity index (χ1n) is 11.0. The molecule has 1 saturated heterocycles. The Labute approximate surface area is 179 Å². The van der Waals surface area contributed by atoms with Crippen molar-refractivity contribution in [2.24, 2.45) is 5.92 Å². The van der Waals surface area contributed by atoms with Crippen LogP contribution in [0.4, 0.5) is 4.39 Å². The molecule has 7 nitrogen and oxygen atoms in total. The Morgan fingerprint density at radius 3 is 2.58 bits per heavy atom. The minimum absolute atomic E-state index is 0.126. The lowest BCUT2D eigenvalue weighted by Gasteiger charge is -2.36. The predicted octanol–water partition coefficient (Wildman–Crippen LogP) is 2.57. The highest BCUT2D eigenvalue weighted by atomic mass is 19.1. The van der Waals surface area contributed by atoms with Crippen LogP contribution in [0.3, 0.4) is 0 Å². The lowest BCUT2D eigenvalue weighted by molar-refractivity contribution is -0.133. The molecule has 3 heterocycles. The van der Waals surface area contributed by atoms with Gasteiger partial charge in [-0.05, 0) is 56.4 Å². The van der Waals surface area contributed by atoms with Gasteiger partial charge in [-0.2, -0.15) is 0 Å². The molecular weight excluding hydrogens is 399 g/mol. The molecule has 0 spiro atoms. The van der Waals surface area contributed by atoms with Gasteiger partial charge in [0.15, 0.2) is 0 Å². The number of benzene rings is 1. The third kappa shape index (κ3) is 3.86. The topological polar surface area (TPSA) is 86.4 Å². The zero-order valence-corrected chi connectivity index (χ0v) is 17.3. The van der Waals surface area contributed by atoms with Gasteiger partial charge in [-0.3, -0.25) is 14.4 Å². The van der Waals surface area contributed by atoms with E-state index in [-0.39, 0.29) is 35.2 Å². The van der Waals surface area contributed by atoms with Crippen LogP contribution in [0.25, 0.3) is 0 Å². The number of carbonyl (C=O) groups excluding carboxylic acids is 2. The lowest BCUT2D eigenvalue weighted by atomic mass is 9.99. The van der Waals surface area contributed by atoms with Crippen LogP contribution in [-0.4, -0.2) is 44.7 Å². The van der Waals surface area contributed by atoms with Gasteiger partial charge in [0.1, 0.15) is 11.6 Å². The van der Waals surface area contributed by atoms with E-state index in [0.29, 0.717) is 49.4 Å². The molecule has 0 bridgehead atoms. The van der Waals surface area contributed by atoms with E-state index in [4.69, 9.17) is 4.98 Å². The normalized spacial score (nSPS) is 21.0. The van der Waals surface area contributed by atoms with E-state index in [1.807, 2.05) is 0 Å². The lowest BCUT2D eigenvalue weighted by Crippen LogP contribution is -2.43. The summed E-state index contributed by atoms with van der Waals surface area (Å²) in [5.41, 5.74) is 1.46. The first kappa shape index (κ1) is 19.9. The highest BCUT2D eigenvalue weighted by Gasteiger charge is 2.36. The summed E-state index contributed by atoms with van der Waals surface area (Å²) in [6.45, 7) is 1.43. The number of H-pyrrole nitrogens is 1. The highest BCUT2D eigenvalue weighted by Crippen LogP contribution is 2.33. The number of fused-ring (bicyclic) bond motifs is 1. The van der Waals surface area contributed by atoms with E-state index in [0.717, 1.165) is 31.4 Å². The minimum atomic E-state index is -0.387. The summed E-state index contributed by atoms with van der Waals surface area (Å²) in [6, 6.07) is 5.20. The van der Waals surface area contributed by atoms with Crippen LogP contribution in [-0.2, 0) is 17.8 Å². The zero-order valence-electron chi connectivity index (χ0n) is 17.3. The van der Waals surface area contributed by atoms with Crippen LogP contribution in [0, 0.1) is 11.7 Å². The number of hydrogen-bond acceptors (Lipinski definition) is 4. The number of amides is 2. The monoisotopic (exact) mass is 424 g/mol. The molecule has 2 fully saturated rings. The molecule has 1 atom stereocenters. The second-order valence-corrected chi connectivity index (χ2v) is 8.68. The van der Waals surface area contributed by atoms with E-state index >= 15 is 0 Å². The van der Waals surface area contributed by atoms with Crippen molar-refractivity contribution in [1.82, 2.24) is 19.8 Å². The number of nitrogens with one attached hydrogen (secondary N) is 1. The third-order valence-electron chi connectivity index (χ3n) is 6.50. The standard InChI is InChI=1S/C23H25FN4O3/c24-16-8-6-15(7-9-16)23(31)28-11-2-1-3-19(28)20-25-18-10-12-27(22(30)14-4-5-14)13-17(18)21(29)26-20/h6-9,14,19H,1-5,10-13H2,(H,25,26,29)/t19-/m1/s1. The van der Waals surface area contributed by atoms with Gasteiger partial charge in [-0.25, -0.2) is 9.37 Å². The van der Waals surface area contributed by atoms with Crippen molar-refractivity contribution >= 4 is 11.8 Å². The van der Waals surface area contributed by atoms with Crippen LogP contribution in [0.5, 0.6) is 0 Å². The zero-order chi connectivity index (χ0) is 21.5. The number of aromatic nitrogens is 2. The van der Waals surface area contributed by atoms with Crippen LogP contribution in [0.15, 0.2) is 29.1 Å². The summed E-state index contributed by atoms with van der Waals surface area (Å²) in [7, 11) is 0. The van der Waals surface area contributed by atoms with Crippen LogP contribution in [0.2, 0.25) is 0 Å². The van der Waals surface area contributed by atoms with Crippen LogP contribution < -0.4 is 5.56 Å². The molecule has 1 aromatic carbocycles. The Morgan fingerprint density at radius 1 is 1.06 bits per heavy atom. The fraction of sp³-hybridized carbons (Fsp3) is 0.478. The Balaban J connectivity index is 1.41. The molecule has 8 heteroatoms. The van der Waals surface area contributed by atoms with Gasteiger partial charge in [0.25, 0.3) is 11.5 Å². The highest BCUT2D eigenvalue weighted by molar-refractivity contribution is 5.94. The molecule has 31 heavy (non-hydrogen) atoms. The average Bonchev–Trinajstić information content (AvgIpc) is 3.64. The SMILES string of the molecule is O=C(C1CC1)N1CCc2nc([C@H]3CCCCN3C(=O)c3ccc(F)cc3)[nH]c(=O)c2C1. The smallest absolute Gasteiger partial charge is 0.256 e. The maximum atomic E-state index is 13.3. The average molecular weight is 424 g/mol. The second-order valence-electron chi connectivity index (χ2n) is 8.68. The number of nitrogens with zero attached hydrogens (tertiary/aromatic N) is 3. The van der Waals surface area contributed by atoms with Gasteiger partial charge in [-0.1, -0.05) is 0 Å². The van der Waals surface area contributed by atoms with E-state index in [1.165, 1.54) is 24.3 Å². The van der Waals surface area contributed by atoms with Crippen molar-refractivity contribution in [2.45, 2.75) is 51.1 Å². The summed E-state index contributed by atoms with van der Waals surface area (Å²) in [5, 5.41) is 0. The Kier molecular flexibility index (Phi) is 5.08. The van der Waals surface area contributed by atoms with Crippen molar-refractivity contribution in [3.8, 4) is 0 Å². The summed E-state index contributed by atoms with van der Waals surface area (Å²) in [4.78, 5) is 49.5. The summed E-state index contributed by atoms with van der Waals surface area (Å²) < 4.78 is 13.3. The molecule has 5 rings (SSSR count). The van der Waals surface area contributed by atoms with Gasteiger partial charge in [-0.15, -0.1) is 0 Å². The molecule has 162 valence electrons. The number of halogens is 1. The summed E-state index contributed by atoms with van der Waals surface area (Å²) in [6.07, 6.45) is 4.94. The first-order chi connectivity index (χ1) is 15.0. The number of hydrogen-bond donors (Lipinski definition) is 1. The van der Waals surface area contributed by atoms with Crippen molar-refractivity contribution < 1.29 is 14.0 Å². The number of aromatic amines is 1. The molecule has 0 radical (unpaired) electrons. The van der Waals surface area contributed by atoms with Crippen LogP contribution in [0.1, 0.15) is 65.6 Å². The molecule has 2 amide bonds. The second kappa shape index (κ2) is 7.90. The Bertz CT molecular complexity index is 1080. The molecule has 1 saturated carbocycles. The molecule has 1 N–H and O–H groups in total. The quantitative estimate of drug-likeness (QED) is 0.821. The number of likely N-dealkylation sites (tertiary alicyclic amines) is 1. The van der Waals surface area contributed by atoms with Gasteiger partial charge in [0, 0.05) is 31.0 Å². The fourth-order valence-electron chi connectivity index (χ4n) is 4.60. The van der Waals surface area contributed by atoms with Crippen molar-refractivity contribution in [1.29, 1.82) is 0 Å². The summed E-state index contributed by atoms with van der Waals surface area (Å²) in [5.74, 6) is 0.187. The van der Waals surface area contributed by atoms with Crippen molar-refractivity contribution in [2.75, 3.05) is 13.1 Å². The molecule has 0 unspecified atom stereocenters. The Hall–Kier alpha value is -3.03. The van der Waals surface area contributed by atoms with E-state index < -0.39 is 0 Å². The van der Waals surface area contributed by atoms with Crippen molar-refractivity contribution in [3.05, 3.63) is 63.1 Å². The first-order valence-corrected chi connectivity index (χ1v) is 11.0. The fourth-order valence-corrected chi connectivity index (χ4v) is 4.60. The molecule has 3 aliphatic rings. The molecule has 2 aliphatic heterocycles. The molecule has 1 aliphatic carbocycles. The summed E-state index contributed by atoms with van der Waals surface area (Å²) >= 11 is 0. The van der Waals surface area contributed by atoms with E-state index in [2.05, 4.69) is 4.98 Å². The minimum Gasteiger partial charge on any atom is -0.337 e. The van der Waals surface area contributed by atoms with Gasteiger partial charge in [0.05, 0.1) is 23.8 Å². The maximum absolute atomic E-state index is 13.3. The molecule has 2 aromatic rings. The van der Waals surface area contributed by atoms with Crippen LogP contribution >= 0.6 is 0 Å². The third-order valence-corrected chi connectivity index (χ3v) is 6.50. The van der Waals surface area contributed by atoms with Crippen molar-refractivity contribution in [3.63, 3.8) is 0 Å². The van der Waals surface area contributed by atoms with Gasteiger partial charge < -0.3 is 14.8 Å². The number of rotatable bonds is 3. The largest absolute Gasteiger partial charge is 0.337 e.